The van der Waals surface area contributed by atoms with Crippen molar-refractivity contribution in [2.24, 2.45) is 5.73 Å². The van der Waals surface area contributed by atoms with Gasteiger partial charge in [-0.2, -0.15) is 0 Å². The summed E-state index contributed by atoms with van der Waals surface area (Å²) in [7, 11) is 0. The van der Waals surface area contributed by atoms with Crippen molar-refractivity contribution in [3.05, 3.63) is 12.2 Å². The van der Waals surface area contributed by atoms with Crippen LogP contribution in [0, 0.1) is 6.08 Å². The van der Waals surface area contributed by atoms with Gasteiger partial charge in [-0.15, -0.1) is 0 Å². The highest BCUT2D eigenvalue weighted by Gasteiger charge is 1.77. The topological polar surface area (TPSA) is 60.2 Å². The minimum atomic E-state index is -0.730. The van der Waals surface area contributed by atoms with E-state index in [2.05, 4.69) is 5.73 Å². The number of allylic oxidation sites excluding steroid dienone is 1. The van der Waals surface area contributed by atoms with Gasteiger partial charge in [-0.05, 0) is 6.08 Å². The van der Waals surface area contributed by atoms with Gasteiger partial charge < -0.3 is 5.73 Å². The largest absolute Gasteiger partial charge is 0.366 e. The molecule has 0 atom stereocenters. The predicted molar refractivity (Wildman–Crippen MR) is 23.1 cm³/mol. The average Bonchev–Trinajstić information content (AvgIpc) is 1.61. The van der Waals surface area contributed by atoms with Gasteiger partial charge >= 0.3 is 0 Å². The Morgan fingerprint density at radius 3 is 2.43 bits per heavy atom. The van der Waals surface area contributed by atoms with E-state index in [0.29, 0.717) is 6.29 Å². The summed E-state index contributed by atoms with van der Waals surface area (Å²) in [6, 6.07) is 0. The first kappa shape index (κ1) is 5.88. The molecule has 0 aliphatic carbocycles. The highest BCUT2D eigenvalue weighted by atomic mass is 16.1. The third kappa shape index (κ3) is 4.88. The van der Waals surface area contributed by atoms with Crippen LogP contribution in [0.3, 0.4) is 0 Å². The molecule has 0 unspecified atom stereocenters. The standard InChI is InChI=1S/C4H4NO2/c5-4(7)2-1-3-6/h1,3H,(H2,5,7). The maximum Gasteiger partial charge on any atom is 0.249 e. The lowest BCUT2D eigenvalue weighted by molar-refractivity contribution is -0.114. The lowest BCUT2D eigenvalue weighted by Crippen LogP contribution is -2.06. The van der Waals surface area contributed by atoms with Crippen molar-refractivity contribution >= 4 is 12.2 Å². The summed E-state index contributed by atoms with van der Waals surface area (Å²) in [4.78, 5) is 19.1. The summed E-state index contributed by atoms with van der Waals surface area (Å²) in [6.07, 6.45) is 3.30. The molecular formula is C4H4NO2. The molecule has 1 amide bonds. The van der Waals surface area contributed by atoms with Gasteiger partial charge in [0.1, 0.15) is 6.29 Å². The first-order valence-electron chi connectivity index (χ1n) is 1.60. The minimum Gasteiger partial charge on any atom is -0.366 e. The molecule has 0 aromatic rings. The first-order valence-corrected chi connectivity index (χ1v) is 1.60. The number of hydrogen-bond acceptors (Lipinski definition) is 2. The molecule has 0 saturated carbocycles. The second-order valence-corrected chi connectivity index (χ2v) is 0.811. The SMILES string of the molecule is NC(=O)/[C]=C/C=O. The maximum atomic E-state index is 9.68. The van der Waals surface area contributed by atoms with E-state index in [1.807, 2.05) is 6.08 Å². The van der Waals surface area contributed by atoms with Crippen LogP contribution in [0.25, 0.3) is 0 Å². The molecule has 0 aliphatic rings. The third-order valence-corrected chi connectivity index (χ3v) is 0.294. The molecule has 0 bridgehead atoms. The lowest BCUT2D eigenvalue weighted by atomic mass is 10.5. The van der Waals surface area contributed by atoms with Crippen LogP contribution < -0.4 is 5.73 Å². The molecule has 0 fully saturated rings. The van der Waals surface area contributed by atoms with Gasteiger partial charge in [0.05, 0.1) is 6.08 Å². The Morgan fingerprint density at radius 1 is 1.71 bits per heavy atom. The zero-order chi connectivity index (χ0) is 5.70. The number of hydrogen-bond donors (Lipinski definition) is 1. The molecule has 37 valence electrons. The van der Waals surface area contributed by atoms with Crippen molar-refractivity contribution < 1.29 is 9.59 Å². The first-order chi connectivity index (χ1) is 3.27. The van der Waals surface area contributed by atoms with Crippen LogP contribution in [-0.4, -0.2) is 12.2 Å². The quantitative estimate of drug-likeness (QED) is 0.357. The van der Waals surface area contributed by atoms with E-state index in [1.54, 1.807) is 0 Å². The second kappa shape index (κ2) is 3.08. The number of primary amides is 1. The Labute approximate surface area is 40.8 Å². The molecule has 0 rings (SSSR count). The van der Waals surface area contributed by atoms with Crippen molar-refractivity contribution in [3.63, 3.8) is 0 Å². The molecule has 2 N–H and O–H groups in total. The second-order valence-electron chi connectivity index (χ2n) is 0.811. The molecule has 0 saturated heterocycles. The van der Waals surface area contributed by atoms with Gasteiger partial charge in [0.2, 0.25) is 5.91 Å². The highest BCUT2D eigenvalue weighted by Crippen LogP contribution is 1.58. The molecular weight excluding hydrogens is 94.0 g/mol. The summed E-state index contributed by atoms with van der Waals surface area (Å²) < 4.78 is 0. The smallest absolute Gasteiger partial charge is 0.249 e. The van der Waals surface area contributed by atoms with Crippen molar-refractivity contribution in [2.45, 2.75) is 0 Å². The van der Waals surface area contributed by atoms with Crippen LogP contribution in [0.2, 0.25) is 0 Å². The Morgan fingerprint density at radius 2 is 2.29 bits per heavy atom. The molecule has 7 heavy (non-hydrogen) atoms. The fourth-order valence-electron chi connectivity index (χ4n) is 0.116. The molecule has 0 aromatic carbocycles. The van der Waals surface area contributed by atoms with Crippen LogP contribution in [-0.2, 0) is 9.59 Å². The predicted octanol–water partition coefficient (Wildman–Crippen LogP) is -0.970. The van der Waals surface area contributed by atoms with Gasteiger partial charge in [-0.25, -0.2) is 0 Å². The van der Waals surface area contributed by atoms with Crippen LogP contribution in [0.15, 0.2) is 6.08 Å². The van der Waals surface area contributed by atoms with Crippen LogP contribution >= 0.6 is 0 Å². The molecule has 0 heterocycles. The van der Waals surface area contributed by atoms with Gasteiger partial charge in [0.25, 0.3) is 0 Å². The van der Waals surface area contributed by atoms with E-state index in [-0.39, 0.29) is 0 Å². The van der Waals surface area contributed by atoms with Gasteiger partial charge in [0, 0.05) is 0 Å². The molecule has 3 nitrogen and oxygen atoms in total. The normalized spacial score (nSPS) is 9.14. The fourth-order valence-corrected chi connectivity index (χ4v) is 0.116. The van der Waals surface area contributed by atoms with E-state index in [1.165, 1.54) is 0 Å². The van der Waals surface area contributed by atoms with Crippen LogP contribution in [0.5, 0.6) is 0 Å². The van der Waals surface area contributed by atoms with E-state index in [9.17, 15) is 9.59 Å². The Kier molecular flexibility index (Phi) is 2.59. The zero-order valence-corrected chi connectivity index (χ0v) is 3.55. The number of aldehydes is 1. The van der Waals surface area contributed by atoms with Crippen LogP contribution in [0.4, 0.5) is 0 Å². The van der Waals surface area contributed by atoms with E-state index < -0.39 is 5.91 Å². The zero-order valence-electron chi connectivity index (χ0n) is 3.55. The molecule has 0 spiro atoms. The summed E-state index contributed by atoms with van der Waals surface area (Å²) >= 11 is 0. The van der Waals surface area contributed by atoms with Gasteiger partial charge in [-0.3, -0.25) is 9.59 Å². The summed E-state index contributed by atoms with van der Waals surface area (Å²) in [5.41, 5.74) is 4.54. The van der Waals surface area contributed by atoms with Gasteiger partial charge in [-0.1, -0.05) is 0 Å². The molecule has 3 heteroatoms. The monoisotopic (exact) mass is 98.0 g/mol. The Balaban J connectivity index is 3.46. The Hall–Kier alpha value is -1.12. The minimum absolute atomic E-state index is 0.435. The average molecular weight is 98.1 g/mol. The number of amides is 1. The number of carbonyl (C=O) groups is 2. The summed E-state index contributed by atoms with van der Waals surface area (Å²) in [6.45, 7) is 0. The van der Waals surface area contributed by atoms with Crippen molar-refractivity contribution in [1.29, 1.82) is 0 Å². The van der Waals surface area contributed by atoms with Crippen LogP contribution in [0.1, 0.15) is 0 Å². The third-order valence-electron chi connectivity index (χ3n) is 0.294. The van der Waals surface area contributed by atoms with E-state index >= 15 is 0 Å². The summed E-state index contributed by atoms with van der Waals surface area (Å²) in [5.74, 6) is -0.730. The van der Waals surface area contributed by atoms with E-state index in [4.69, 9.17) is 0 Å². The number of carbonyl (C=O) groups excluding carboxylic acids is 2. The maximum absolute atomic E-state index is 9.68. The number of nitrogens with two attached hydrogens (primary N) is 1. The fraction of sp³-hybridized carbons (Fsp3) is 0. The Bertz CT molecular complexity index is 106. The summed E-state index contributed by atoms with van der Waals surface area (Å²) in [5, 5.41) is 0. The van der Waals surface area contributed by atoms with E-state index in [0.717, 1.165) is 6.08 Å². The van der Waals surface area contributed by atoms with Gasteiger partial charge in [0.15, 0.2) is 0 Å². The van der Waals surface area contributed by atoms with Crippen molar-refractivity contribution in [3.8, 4) is 0 Å². The van der Waals surface area contributed by atoms with Crippen molar-refractivity contribution in [2.75, 3.05) is 0 Å². The number of rotatable bonds is 2. The molecule has 1 radical (unpaired) electrons. The lowest BCUT2D eigenvalue weighted by Gasteiger charge is -1.68. The highest BCUT2D eigenvalue weighted by molar-refractivity contribution is 5.85. The molecule has 0 aliphatic heterocycles. The van der Waals surface area contributed by atoms with Crippen molar-refractivity contribution in [1.82, 2.24) is 0 Å². The molecule has 0 aromatic heterocycles.